The van der Waals surface area contributed by atoms with Crippen molar-refractivity contribution in [3.8, 4) is 11.4 Å². The van der Waals surface area contributed by atoms with E-state index in [0.29, 0.717) is 12.4 Å². The summed E-state index contributed by atoms with van der Waals surface area (Å²) in [5.74, 6) is 1.39. The van der Waals surface area contributed by atoms with E-state index in [1.54, 1.807) is 12.4 Å². The second-order valence-corrected chi connectivity index (χ2v) is 7.95. The Hall–Kier alpha value is -3.32. The smallest absolute Gasteiger partial charge is 0.242 e. The highest BCUT2D eigenvalue weighted by molar-refractivity contribution is 5.83. The Morgan fingerprint density at radius 2 is 1.87 bits per heavy atom. The molecule has 0 aliphatic carbocycles. The van der Waals surface area contributed by atoms with Crippen molar-refractivity contribution in [2.45, 2.75) is 25.4 Å². The van der Waals surface area contributed by atoms with Crippen LogP contribution in [0.15, 0.2) is 60.9 Å². The summed E-state index contributed by atoms with van der Waals surface area (Å²) in [4.78, 5) is 30.9. The van der Waals surface area contributed by atoms with Crippen LogP contribution in [0.3, 0.4) is 0 Å². The SMILES string of the molecule is CN(C)c1cc(CNC(=O)[C@@H](c2ccccc2)N2CCCC2)nc(-c2cccnc2)n1. The molecule has 1 saturated heterocycles. The van der Waals surface area contributed by atoms with E-state index >= 15 is 0 Å². The second-order valence-electron chi connectivity index (χ2n) is 7.95. The van der Waals surface area contributed by atoms with Crippen LogP contribution in [-0.4, -0.2) is 52.9 Å². The monoisotopic (exact) mass is 416 g/mol. The minimum absolute atomic E-state index is 0.000966. The first-order chi connectivity index (χ1) is 15.1. The number of rotatable bonds is 7. The van der Waals surface area contributed by atoms with Gasteiger partial charge in [0.1, 0.15) is 11.9 Å². The van der Waals surface area contributed by atoms with Gasteiger partial charge in [0.25, 0.3) is 0 Å². The fourth-order valence-electron chi connectivity index (χ4n) is 3.86. The number of anilines is 1. The number of hydrogen-bond donors (Lipinski definition) is 1. The Kier molecular flexibility index (Phi) is 6.52. The molecule has 7 heteroatoms. The maximum absolute atomic E-state index is 13.3. The molecular formula is C24H28N6O. The molecule has 4 rings (SSSR count). The van der Waals surface area contributed by atoms with Crippen LogP contribution in [0.5, 0.6) is 0 Å². The number of carbonyl (C=O) groups excluding carboxylic acids is 1. The molecular weight excluding hydrogens is 388 g/mol. The number of carbonyl (C=O) groups is 1. The zero-order chi connectivity index (χ0) is 21.6. The van der Waals surface area contributed by atoms with Crippen LogP contribution in [0.2, 0.25) is 0 Å². The highest BCUT2D eigenvalue weighted by atomic mass is 16.2. The van der Waals surface area contributed by atoms with Gasteiger partial charge in [0.05, 0.1) is 12.2 Å². The molecule has 0 unspecified atom stereocenters. The molecule has 0 spiro atoms. The van der Waals surface area contributed by atoms with Gasteiger partial charge in [0.2, 0.25) is 5.91 Å². The summed E-state index contributed by atoms with van der Waals surface area (Å²) in [6.07, 6.45) is 5.73. The van der Waals surface area contributed by atoms with Crippen molar-refractivity contribution >= 4 is 11.7 Å². The minimum atomic E-state index is -0.281. The fourth-order valence-corrected chi connectivity index (χ4v) is 3.86. The third kappa shape index (κ3) is 5.06. The quantitative estimate of drug-likeness (QED) is 0.638. The average molecular weight is 417 g/mol. The molecule has 1 aliphatic rings. The van der Waals surface area contributed by atoms with E-state index in [1.165, 1.54) is 0 Å². The molecule has 3 heterocycles. The molecule has 1 aromatic carbocycles. The first-order valence-corrected chi connectivity index (χ1v) is 10.6. The zero-order valence-electron chi connectivity index (χ0n) is 18.0. The third-order valence-electron chi connectivity index (χ3n) is 5.46. The summed E-state index contributed by atoms with van der Waals surface area (Å²) in [6.45, 7) is 2.22. The van der Waals surface area contributed by atoms with E-state index in [4.69, 9.17) is 0 Å². The van der Waals surface area contributed by atoms with Crippen molar-refractivity contribution in [3.63, 3.8) is 0 Å². The van der Waals surface area contributed by atoms with Crippen molar-refractivity contribution in [1.82, 2.24) is 25.2 Å². The van der Waals surface area contributed by atoms with Crippen LogP contribution in [0.1, 0.15) is 30.1 Å². The van der Waals surface area contributed by atoms with Gasteiger partial charge in [-0.15, -0.1) is 0 Å². The molecule has 0 bridgehead atoms. The van der Waals surface area contributed by atoms with Crippen LogP contribution >= 0.6 is 0 Å². The lowest BCUT2D eigenvalue weighted by atomic mass is 10.0. The Bertz CT molecular complexity index is 1000. The van der Waals surface area contributed by atoms with Crippen LogP contribution in [0.4, 0.5) is 5.82 Å². The summed E-state index contributed by atoms with van der Waals surface area (Å²) >= 11 is 0. The van der Waals surface area contributed by atoms with Crippen molar-refractivity contribution in [2.75, 3.05) is 32.1 Å². The average Bonchev–Trinajstić information content (AvgIpc) is 3.33. The third-order valence-corrected chi connectivity index (χ3v) is 5.46. The lowest BCUT2D eigenvalue weighted by molar-refractivity contribution is -0.126. The largest absolute Gasteiger partial charge is 0.363 e. The van der Waals surface area contributed by atoms with Gasteiger partial charge in [-0.25, -0.2) is 9.97 Å². The van der Waals surface area contributed by atoms with Crippen molar-refractivity contribution in [3.05, 3.63) is 72.2 Å². The predicted octanol–water partition coefficient (Wildman–Crippen LogP) is 3.06. The first-order valence-electron chi connectivity index (χ1n) is 10.6. The number of aromatic nitrogens is 3. The molecule has 160 valence electrons. The topological polar surface area (TPSA) is 74.2 Å². The minimum Gasteiger partial charge on any atom is -0.363 e. The van der Waals surface area contributed by atoms with Gasteiger partial charge in [-0.1, -0.05) is 30.3 Å². The molecule has 1 fully saturated rings. The van der Waals surface area contributed by atoms with Crippen LogP contribution in [0.25, 0.3) is 11.4 Å². The van der Waals surface area contributed by atoms with Crippen molar-refractivity contribution < 1.29 is 4.79 Å². The van der Waals surface area contributed by atoms with E-state index in [0.717, 1.165) is 48.6 Å². The van der Waals surface area contributed by atoms with Crippen LogP contribution < -0.4 is 10.2 Å². The first kappa shape index (κ1) is 20.9. The maximum atomic E-state index is 13.3. The number of hydrogen-bond acceptors (Lipinski definition) is 6. The number of pyridine rings is 1. The van der Waals surface area contributed by atoms with E-state index < -0.39 is 0 Å². The highest BCUT2D eigenvalue weighted by Crippen LogP contribution is 2.25. The van der Waals surface area contributed by atoms with Crippen molar-refractivity contribution in [1.29, 1.82) is 0 Å². The Balaban J connectivity index is 1.55. The molecule has 1 N–H and O–H groups in total. The summed E-state index contributed by atoms with van der Waals surface area (Å²) in [6, 6.07) is 15.4. The molecule has 0 radical (unpaired) electrons. The maximum Gasteiger partial charge on any atom is 0.242 e. The Labute approximate surface area is 183 Å². The van der Waals surface area contributed by atoms with Gasteiger partial charge in [-0.2, -0.15) is 0 Å². The molecule has 2 aromatic heterocycles. The van der Waals surface area contributed by atoms with Gasteiger partial charge < -0.3 is 10.2 Å². The van der Waals surface area contributed by atoms with Gasteiger partial charge in [0, 0.05) is 38.1 Å². The summed E-state index contributed by atoms with van der Waals surface area (Å²) < 4.78 is 0. The molecule has 1 amide bonds. The molecule has 31 heavy (non-hydrogen) atoms. The van der Waals surface area contributed by atoms with Gasteiger partial charge in [-0.05, 0) is 43.6 Å². The van der Waals surface area contributed by atoms with E-state index in [-0.39, 0.29) is 11.9 Å². The molecule has 0 saturated carbocycles. The summed E-state index contributed by atoms with van der Waals surface area (Å²) in [5, 5.41) is 3.11. The molecule has 7 nitrogen and oxygen atoms in total. The fraction of sp³-hybridized carbons (Fsp3) is 0.333. The Morgan fingerprint density at radius 1 is 1.10 bits per heavy atom. The summed E-state index contributed by atoms with van der Waals surface area (Å²) in [5.41, 5.74) is 2.63. The standard InChI is InChI=1S/C24H28N6O/c1-29(2)21-15-20(27-23(28-21)19-11-8-12-25-16-19)17-26-24(31)22(30-13-6-7-14-30)18-9-4-3-5-10-18/h3-5,8-12,15-16,22H,6-7,13-14,17H2,1-2H3,(H,26,31)/t22-/m1/s1. The molecule has 1 atom stereocenters. The number of benzene rings is 1. The van der Waals surface area contributed by atoms with Crippen LogP contribution in [-0.2, 0) is 11.3 Å². The highest BCUT2D eigenvalue weighted by Gasteiger charge is 2.29. The molecule has 1 aliphatic heterocycles. The second kappa shape index (κ2) is 9.66. The van der Waals surface area contributed by atoms with E-state index in [2.05, 4.69) is 25.2 Å². The van der Waals surface area contributed by atoms with Crippen LogP contribution in [0, 0.1) is 0 Å². The zero-order valence-corrected chi connectivity index (χ0v) is 18.0. The van der Waals surface area contributed by atoms with Gasteiger partial charge in [0.15, 0.2) is 5.82 Å². The van der Waals surface area contributed by atoms with Crippen molar-refractivity contribution in [2.24, 2.45) is 0 Å². The summed E-state index contributed by atoms with van der Waals surface area (Å²) in [7, 11) is 3.88. The number of amides is 1. The molecule has 3 aromatic rings. The lowest BCUT2D eigenvalue weighted by Gasteiger charge is -2.27. The van der Waals surface area contributed by atoms with Gasteiger partial charge >= 0.3 is 0 Å². The normalized spacial score (nSPS) is 14.9. The van der Waals surface area contributed by atoms with Gasteiger partial charge in [-0.3, -0.25) is 14.7 Å². The van der Waals surface area contributed by atoms with E-state index in [9.17, 15) is 4.79 Å². The lowest BCUT2D eigenvalue weighted by Crippen LogP contribution is -2.39. The van der Waals surface area contributed by atoms with E-state index in [1.807, 2.05) is 67.5 Å². The number of nitrogens with zero attached hydrogens (tertiary/aromatic N) is 5. The predicted molar refractivity (Wildman–Crippen MR) is 121 cm³/mol. The Morgan fingerprint density at radius 3 is 2.55 bits per heavy atom. The number of nitrogens with one attached hydrogen (secondary N) is 1. The number of likely N-dealkylation sites (tertiary alicyclic amines) is 1.